The van der Waals surface area contributed by atoms with Gasteiger partial charge in [-0.1, -0.05) is 12.8 Å². The highest BCUT2D eigenvalue weighted by Gasteiger charge is 2.51. The van der Waals surface area contributed by atoms with Crippen LogP contribution in [-0.4, -0.2) is 54.6 Å². The van der Waals surface area contributed by atoms with Crippen LogP contribution in [0.5, 0.6) is 0 Å². The van der Waals surface area contributed by atoms with Crippen LogP contribution in [0, 0.1) is 5.92 Å². The van der Waals surface area contributed by atoms with Crippen LogP contribution >= 0.6 is 0 Å². The fourth-order valence-corrected chi connectivity index (χ4v) is 3.53. The SMILES string of the molecule is O=C(NCCCN1C(=O)NC2(CCCC2)C1=O)C1CCOC1. The number of nitrogens with one attached hydrogen (secondary N) is 2. The third-order valence-corrected chi connectivity index (χ3v) is 4.86. The monoisotopic (exact) mass is 309 g/mol. The quantitative estimate of drug-likeness (QED) is 0.568. The number of carbonyl (C=O) groups is 3. The van der Waals surface area contributed by atoms with Crippen LogP contribution in [-0.2, 0) is 14.3 Å². The molecule has 2 heterocycles. The van der Waals surface area contributed by atoms with Crippen molar-refractivity contribution < 1.29 is 19.1 Å². The third kappa shape index (κ3) is 2.82. The molecule has 0 aromatic rings. The standard InChI is InChI=1S/C15H23N3O4/c19-12(11-4-9-22-10-11)16-7-3-8-18-13(20)15(17-14(18)21)5-1-2-6-15/h11H,1-10H2,(H,16,19)(H,17,21). The van der Waals surface area contributed by atoms with E-state index in [-0.39, 0.29) is 23.8 Å². The van der Waals surface area contributed by atoms with Crippen LogP contribution in [0.3, 0.4) is 0 Å². The normalized spacial score (nSPS) is 26.7. The molecule has 1 spiro atoms. The zero-order chi connectivity index (χ0) is 15.6. The Bertz CT molecular complexity index is 467. The molecule has 1 saturated carbocycles. The maximum Gasteiger partial charge on any atom is 0.325 e. The van der Waals surface area contributed by atoms with Gasteiger partial charge in [-0.05, 0) is 25.7 Å². The lowest BCUT2D eigenvalue weighted by molar-refractivity contribution is -0.131. The maximum atomic E-state index is 12.4. The predicted molar refractivity (Wildman–Crippen MR) is 78.0 cm³/mol. The molecule has 1 unspecified atom stereocenters. The molecule has 22 heavy (non-hydrogen) atoms. The number of carbonyl (C=O) groups excluding carboxylic acids is 3. The second-order valence-electron chi connectivity index (χ2n) is 6.38. The average Bonchev–Trinajstić information content (AvgIpc) is 3.21. The van der Waals surface area contributed by atoms with E-state index >= 15 is 0 Å². The third-order valence-electron chi connectivity index (χ3n) is 4.86. The Morgan fingerprint density at radius 2 is 2.14 bits per heavy atom. The van der Waals surface area contributed by atoms with Gasteiger partial charge < -0.3 is 15.4 Å². The first kappa shape index (κ1) is 15.3. The number of hydrogen-bond donors (Lipinski definition) is 2. The Hall–Kier alpha value is -1.63. The molecule has 122 valence electrons. The molecule has 3 rings (SSSR count). The smallest absolute Gasteiger partial charge is 0.325 e. The molecule has 2 aliphatic heterocycles. The molecule has 3 aliphatic rings. The number of hydrogen-bond acceptors (Lipinski definition) is 4. The van der Waals surface area contributed by atoms with E-state index in [4.69, 9.17) is 4.74 Å². The van der Waals surface area contributed by atoms with E-state index in [1.807, 2.05) is 0 Å². The van der Waals surface area contributed by atoms with E-state index in [2.05, 4.69) is 10.6 Å². The summed E-state index contributed by atoms with van der Waals surface area (Å²) in [5.74, 6) is -0.147. The number of ether oxygens (including phenoxy) is 1. The number of rotatable bonds is 5. The lowest BCUT2D eigenvalue weighted by Crippen LogP contribution is -2.44. The van der Waals surface area contributed by atoms with Crippen LogP contribution in [0.15, 0.2) is 0 Å². The predicted octanol–water partition coefficient (Wildman–Crippen LogP) is 0.394. The minimum absolute atomic E-state index is 0.00182. The van der Waals surface area contributed by atoms with Gasteiger partial charge in [0.05, 0.1) is 12.5 Å². The highest BCUT2D eigenvalue weighted by molar-refractivity contribution is 6.07. The van der Waals surface area contributed by atoms with Crippen LogP contribution in [0.2, 0.25) is 0 Å². The minimum Gasteiger partial charge on any atom is -0.381 e. The van der Waals surface area contributed by atoms with Gasteiger partial charge in [0.25, 0.3) is 5.91 Å². The highest BCUT2D eigenvalue weighted by atomic mass is 16.5. The summed E-state index contributed by atoms with van der Waals surface area (Å²) in [7, 11) is 0. The van der Waals surface area contributed by atoms with E-state index in [9.17, 15) is 14.4 Å². The second kappa shape index (κ2) is 6.24. The maximum absolute atomic E-state index is 12.4. The van der Waals surface area contributed by atoms with Crippen molar-refractivity contribution in [1.82, 2.24) is 15.5 Å². The van der Waals surface area contributed by atoms with Crippen molar-refractivity contribution in [3.8, 4) is 0 Å². The molecule has 3 fully saturated rings. The van der Waals surface area contributed by atoms with Gasteiger partial charge in [0.2, 0.25) is 5.91 Å². The van der Waals surface area contributed by atoms with Gasteiger partial charge in [-0.25, -0.2) is 4.79 Å². The Kier molecular flexibility index (Phi) is 4.33. The molecule has 7 nitrogen and oxygen atoms in total. The van der Waals surface area contributed by atoms with Crippen LogP contribution < -0.4 is 10.6 Å². The molecule has 1 atom stereocenters. The fourth-order valence-electron chi connectivity index (χ4n) is 3.53. The van der Waals surface area contributed by atoms with Gasteiger partial charge in [-0.3, -0.25) is 14.5 Å². The summed E-state index contributed by atoms with van der Waals surface area (Å²) in [5.41, 5.74) is -0.637. The van der Waals surface area contributed by atoms with Crippen LogP contribution in [0.25, 0.3) is 0 Å². The first-order chi connectivity index (χ1) is 10.6. The summed E-state index contributed by atoms with van der Waals surface area (Å²) in [6.45, 7) is 1.96. The van der Waals surface area contributed by atoms with Crippen molar-refractivity contribution in [3.05, 3.63) is 0 Å². The molecule has 0 aromatic carbocycles. The first-order valence-corrected chi connectivity index (χ1v) is 8.12. The summed E-state index contributed by atoms with van der Waals surface area (Å²) in [6, 6.07) is -0.289. The van der Waals surface area contributed by atoms with E-state index < -0.39 is 5.54 Å². The van der Waals surface area contributed by atoms with Gasteiger partial charge in [-0.2, -0.15) is 0 Å². The van der Waals surface area contributed by atoms with Gasteiger partial charge in [0, 0.05) is 19.7 Å². The van der Waals surface area contributed by atoms with E-state index in [1.54, 1.807) is 0 Å². The summed E-state index contributed by atoms with van der Waals surface area (Å²) < 4.78 is 5.18. The molecule has 0 bridgehead atoms. The van der Waals surface area contributed by atoms with Gasteiger partial charge in [0.15, 0.2) is 0 Å². The molecule has 0 aromatic heterocycles. The Labute approximate surface area is 129 Å². The summed E-state index contributed by atoms with van der Waals surface area (Å²) in [4.78, 5) is 37.5. The summed E-state index contributed by atoms with van der Waals surface area (Å²) in [5, 5.41) is 5.71. The Morgan fingerprint density at radius 1 is 1.36 bits per heavy atom. The van der Waals surface area contributed by atoms with Crippen LogP contribution in [0.4, 0.5) is 4.79 Å². The summed E-state index contributed by atoms with van der Waals surface area (Å²) >= 11 is 0. The lowest BCUT2D eigenvalue weighted by atomic mass is 9.98. The fraction of sp³-hybridized carbons (Fsp3) is 0.800. The average molecular weight is 309 g/mol. The second-order valence-corrected chi connectivity index (χ2v) is 6.38. The molecule has 2 saturated heterocycles. The largest absolute Gasteiger partial charge is 0.381 e. The Balaban J connectivity index is 1.42. The molecular formula is C15H23N3O4. The molecular weight excluding hydrogens is 286 g/mol. The van der Waals surface area contributed by atoms with Gasteiger partial charge in [-0.15, -0.1) is 0 Å². The van der Waals surface area contributed by atoms with Crippen LogP contribution in [0.1, 0.15) is 38.5 Å². The van der Waals surface area contributed by atoms with Crippen molar-refractivity contribution in [2.45, 2.75) is 44.1 Å². The van der Waals surface area contributed by atoms with Crippen molar-refractivity contribution in [2.24, 2.45) is 5.92 Å². The molecule has 2 N–H and O–H groups in total. The summed E-state index contributed by atoms with van der Waals surface area (Å²) in [6.07, 6.45) is 4.80. The lowest BCUT2D eigenvalue weighted by Gasteiger charge is -2.20. The minimum atomic E-state index is -0.637. The topological polar surface area (TPSA) is 87.7 Å². The van der Waals surface area contributed by atoms with Crippen molar-refractivity contribution >= 4 is 17.8 Å². The zero-order valence-corrected chi connectivity index (χ0v) is 12.7. The molecule has 0 radical (unpaired) electrons. The van der Waals surface area contributed by atoms with Crippen molar-refractivity contribution in [2.75, 3.05) is 26.3 Å². The van der Waals surface area contributed by atoms with Gasteiger partial charge in [0.1, 0.15) is 5.54 Å². The van der Waals surface area contributed by atoms with E-state index in [0.717, 1.165) is 32.1 Å². The number of urea groups is 1. The zero-order valence-electron chi connectivity index (χ0n) is 12.7. The van der Waals surface area contributed by atoms with Gasteiger partial charge >= 0.3 is 6.03 Å². The number of amides is 4. The Morgan fingerprint density at radius 3 is 2.82 bits per heavy atom. The van der Waals surface area contributed by atoms with Crippen molar-refractivity contribution in [3.63, 3.8) is 0 Å². The highest BCUT2D eigenvalue weighted by Crippen LogP contribution is 2.34. The molecule has 1 aliphatic carbocycles. The number of nitrogens with zero attached hydrogens (tertiary/aromatic N) is 1. The van der Waals surface area contributed by atoms with Crippen molar-refractivity contribution in [1.29, 1.82) is 0 Å². The first-order valence-electron chi connectivity index (χ1n) is 8.12. The van der Waals surface area contributed by atoms with E-state index in [1.165, 1.54) is 4.90 Å². The molecule has 7 heteroatoms. The van der Waals surface area contributed by atoms with E-state index in [0.29, 0.717) is 32.7 Å². The molecule has 4 amide bonds. The number of imide groups is 1.